The molecule has 0 spiro atoms. The highest BCUT2D eigenvalue weighted by Crippen LogP contribution is 2.48. The fraction of sp³-hybridized carbons (Fsp3) is 0.286. The molecule has 1 unspecified atom stereocenters. The van der Waals surface area contributed by atoms with Gasteiger partial charge in [0.1, 0.15) is 0 Å². The van der Waals surface area contributed by atoms with E-state index in [-0.39, 0.29) is 5.41 Å². The quantitative estimate of drug-likeness (QED) is 0.545. The summed E-state index contributed by atoms with van der Waals surface area (Å²) in [5, 5.41) is 0. The second kappa shape index (κ2) is 4.76. The minimum Gasteiger partial charge on any atom is -0.112 e. The Bertz CT molecular complexity index is 720. The molecule has 1 fully saturated rings. The SMILES string of the molecule is C=C1C2=C=CC=CC3=C2C(=CC(C)(C)C=C3)C(=C)C1CC. The van der Waals surface area contributed by atoms with Gasteiger partial charge in [-0.3, -0.25) is 0 Å². The van der Waals surface area contributed by atoms with Gasteiger partial charge in [-0.25, -0.2) is 0 Å². The second-order valence-corrected chi connectivity index (χ2v) is 6.60. The van der Waals surface area contributed by atoms with E-state index in [0.29, 0.717) is 5.92 Å². The fourth-order valence-electron chi connectivity index (χ4n) is 3.38. The van der Waals surface area contributed by atoms with Gasteiger partial charge in [-0.1, -0.05) is 64.3 Å². The van der Waals surface area contributed by atoms with Crippen LogP contribution in [0.3, 0.4) is 0 Å². The molecule has 0 heteroatoms. The van der Waals surface area contributed by atoms with Crippen molar-refractivity contribution in [3.05, 3.63) is 88.8 Å². The van der Waals surface area contributed by atoms with Gasteiger partial charge in [0.05, 0.1) is 0 Å². The van der Waals surface area contributed by atoms with Crippen LogP contribution in [0.1, 0.15) is 27.2 Å². The van der Waals surface area contributed by atoms with Crippen molar-refractivity contribution in [3.63, 3.8) is 0 Å². The molecule has 0 saturated heterocycles. The van der Waals surface area contributed by atoms with E-state index in [4.69, 9.17) is 0 Å². The molecule has 0 nitrogen and oxygen atoms in total. The molecule has 0 aromatic heterocycles. The van der Waals surface area contributed by atoms with Gasteiger partial charge in [0.2, 0.25) is 0 Å². The zero-order chi connectivity index (χ0) is 15.2. The smallest absolute Gasteiger partial charge is 0.0281 e. The highest BCUT2D eigenvalue weighted by molar-refractivity contribution is 5.73. The highest BCUT2D eigenvalue weighted by Gasteiger charge is 2.34. The van der Waals surface area contributed by atoms with Crippen LogP contribution in [0.2, 0.25) is 0 Å². The Labute approximate surface area is 128 Å². The second-order valence-electron chi connectivity index (χ2n) is 6.60. The predicted octanol–water partition coefficient (Wildman–Crippen LogP) is 5.61. The molecule has 21 heavy (non-hydrogen) atoms. The molecule has 0 N–H and O–H groups in total. The zero-order valence-electron chi connectivity index (χ0n) is 13.2. The molecule has 0 bridgehead atoms. The maximum atomic E-state index is 4.40. The summed E-state index contributed by atoms with van der Waals surface area (Å²) < 4.78 is 0. The third-order valence-corrected chi connectivity index (χ3v) is 4.53. The molecule has 1 atom stereocenters. The van der Waals surface area contributed by atoms with Crippen LogP contribution in [-0.2, 0) is 0 Å². The van der Waals surface area contributed by atoms with Gasteiger partial charge in [-0.2, -0.15) is 0 Å². The number of hydrogen-bond acceptors (Lipinski definition) is 0. The minimum absolute atomic E-state index is 0.0318. The van der Waals surface area contributed by atoms with Gasteiger partial charge < -0.3 is 0 Å². The first-order chi connectivity index (χ1) is 9.94. The Morgan fingerprint density at radius 2 is 1.95 bits per heavy atom. The van der Waals surface area contributed by atoms with Crippen molar-refractivity contribution in [1.29, 1.82) is 0 Å². The molecule has 106 valence electrons. The Kier molecular flexibility index (Phi) is 3.15. The molecule has 3 aliphatic rings. The van der Waals surface area contributed by atoms with Gasteiger partial charge in [0.15, 0.2) is 0 Å². The van der Waals surface area contributed by atoms with E-state index in [1.807, 2.05) is 6.08 Å². The average molecular weight is 274 g/mol. The summed E-state index contributed by atoms with van der Waals surface area (Å²) in [6.45, 7) is 15.4. The Hall–Kier alpha value is -2.04. The first-order valence-corrected chi connectivity index (χ1v) is 7.63. The molecule has 0 heterocycles. The van der Waals surface area contributed by atoms with Gasteiger partial charge in [0, 0.05) is 22.5 Å². The molecule has 1 saturated carbocycles. The summed E-state index contributed by atoms with van der Waals surface area (Å²) in [7, 11) is 0. The Balaban J connectivity index is 2.34. The van der Waals surface area contributed by atoms with Crippen LogP contribution < -0.4 is 0 Å². The van der Waals surface area contributed by atoms with Crippen LogP contribution >= 0.6 is 0 Å². The van der Waals surface area contributed by atoms with Crippen LogP contribution in [0.5, 0.6) is 0 Å². The van der Waals surface area contributed by atoms with Crippen molar-refractivity contribution in [2.24, 2.45) is 11.3 Å². The van der Waals surface area contributed by atoms with Gasteiger partial charge in [0.25, 0.3) is 0 Å². The van der Waals surface area contributed by atoms with Crippen molar-refractivity contribution >= 4 is 0 Å². The number of allylic oxidation sites excluding steroid dienone is 11. The van der Waals surface area contributed by atoms with Crippen LogP contribution in [-0.4, -0.2) is 0 Å². The summed E-state index contributed by atoms with van der Waals surface area (Å²) in [5.41, 5.74) is 10.7. The maximum absolute atomic E-state index is 4.40. The minimum atomic E-state index is 0.0318. The van der Waals surface area contributed by atoms with Crippen LogP contribution in [0, 0.1) is 11.3 Å². The van der Waals surface area contributed by atoms with E-state index in [9.17, 15) is 0 Å². The predicted molar refractivity (Wildman–Crippen MR) is 90.8 cm³/mol. The standard InChI is InChI=1S/C21H22/c1-6-17-14(2)18-10-8-7-9-16-11-12-21(4,5)13-19(15(17)3)20(16)18/h7-9,11-13,17H,2-3,6H2,1,4-5H3. The summed E-state index contributed by atoms with van der Waals surface area (Å²) in [4.78, 5) is 0. The Morgan fingerprint density at radius 3 is 2.67 bits per heavy atom. The van der Waals surface area contributed by atoms with Crippen molar-refractivity contribution in [2.45, 2.75) is 27.2 Å². The number of rotatable bonds is 1. The molecule has 0 radical (unpaired) electrons. The molecule has 0 aliphatic heterocycles. The Morgan fingerprint density at radius 1 is 1.19 bits per heavy atom. The fourth-order valence-corrected chi connectivity index (χ4v) is 3.38. The first kappa shape index (κ1) is 13.9. The van der Waals surface area contributed by atoms with Crippen molar-refractivity contribution in [1.82, 2.24) is 0 Å². The van der Waals surface area contributed by atoms with Crippen molar-refractivity contribution < 1.29 is 0 Å². The molecule has 3 rings (SSSR count). The first-order valence-electron chi connectivity index (χ1n) is 7.63. The summed E-state index contributed by atoms with van der Waals surface area (Å²) in [6.07, 6.45) is 14.1. The lowest BCUT2D eigenvalue weighted by Gasteiger charge is -2.33. The van der Waals surface area contributed by atoms with Crippen LogP contribution in [0.4, 0.5) is 0 Å². The van der Waals surface area contributed by atoms with Crippen LogP contribution in [0.15, 0.2) is 88.8 Å². The summed E-state index contributed by atoms with van der Waals surface area (Å²) >= 11 is 0. The van der Waals surface area contributed by atoms with Crippen LogP contribution in [0.25, 0.3) is 0 Å². The monoisotopic (exact) mass is 274 g/mol. The maximum Gasteiger partial charge on any atom is 0.0281 e. The van der Waals surface area contributed by atoms with E-state index < -0.39 is 0 Å². The van der Waals surface area contributed by atoms with Crippen molar-refractivity contribution in [3.8, 4) is 0 Å². The molecular weight excluding hydrogens is 252 g/mol. The van der Waals surface area contributed by atoms with E-state index >= 15 is 0 Å². The molecular formula is C21H22. The lowest BCUT2D eigenvalue weighted by atomic mass is 9.70. The average Bonchev–Trinajstić information content (AvgIpc) is 2.71. The van der Waals surface area contributed by atoms with E-state index in [0.717, 1.165) is 17.6 Å². The summed E-state index contributed by atoms with van der Waals surface area (Å²) in [5.74, 6) is 0.323. The van der Waals surface area contributed by atoms with Crippen molar-refractivity contribution in [2.75, 3.05) is 0 Å². The highest BCUT2D eigenvalue weighted by atomic mass is 14.4. The van der Waals surface area contributed by atoms with Gasteiger partial charge in [-0.15, -0.1) is 5.73 Å². The largest absolute Gasteiger partial charge is 0.112 e. The molecule has 0 aromatic carbocycles. The van der Waals surface area contributed by atoms with Gasteiger partial charge in [-0.05, 0) is 34.8 Å². The topological polar surface area (TPSA) is 0 Å². The molecule has 3 aliphatic carbocycles. The lowest BCUT2D eigenvalue weighted by molar-refractivity contribution is 0.616. The van der Waals surface area contributed by atoms with E-state index in [1.54, 1.807) is 0 Å². The zero-order valence-corrected chi connectivity index (χ0v) is 13.2. The number of hydrogen-bond donors (Lipinski definition) is 0. The van der Waals surface area contributed by atoms with Gasteiger partial charge >= 0.3 is 0 Å². The lowest BCUT2D eigenvalue weighted by Crippen LogP contribution is -2.19. The molecule has 0 amide bonds. The third-order valence-electron chi connectivity index (χ3n) is 4.53. The summed E-state index contributed by atoms with van der Waals surface area (Å²) in [6, 6.07) is 0. The van der Waals surface area contributed by atoms with E-state index in [2.05, 4.69) is 70.0 Å². The van der Waals surface area contributed by atoms with E-state index in [1.165, 1.54) is 22.3 Å². The molecule has 0 aromatic rings. The third kappa shape index (κ3) is 2.17. The normalized spacial score (nSPS) is 26.1.